The molecule has 3 aromatic carbocycles. The molecule has 9 heteroatoms. The molecule has 182 valence electrons. The first-order valence-corrected chi connectivity index (χ1v) is 11.8. The highest BCUT2D eigenvalue weighted by atomic mass is 16.2. The summed E-state index contributed by atoms with van der Waals surface area (Å²) >= 11 is 0. The van der Waals surface area contributed by atoms with Gasteiger partial charge in [-0.3, -0.25) is 5.41 Å². The third kappa shape index (κ3) is 4.96. The molecule has 0 radical (unpaired) electrons. The Balaban J connectivity index is 1.45. The summed E-state index contributed by atoms with van der Waals surface area (Å²) < 4.78 is 0. The van der Waals surface area contributed by atoms with E-state index in [0.717, 1.165) is 40.8 Å². The SMILES string of the molecule is CN1CCN(C(=O)Nc2cccc(-c3nc(Nc4ccc(N)c(C=[NH2+])c4)c4ccccc4n3)c2)CC1. The number of amides is 2. The number of piperazine rings is 1. The zero-order valence-corrected chi connectivity index (χ0v) is 20.1. The van der Waals surface area contributed by atoms with Crippen molar-refractivity contribution in [3.63, 3.8) is 0 Å². The summed E-state index contributed by atoms with van der Waals surface area (Å²) in [6, 6.07) is 20.9. The number of anilines is 4. The minimum Gasteiger partial charge on any atom is -0.398 e. The number of hydrogen-bond acceptors (Lipinski definition) is 6. The number of hydrogen-bond donors (Lipinski definition) is 4. The molecule has 0 unspecified atom stereocenters. The fourth-order valence-electron chi connectivity index (χ4n) is 4.18. The summed E-state index contributed by atoms with van der Waals surface area (Å²) in [6.07, 6.45) is 1.48. The molecule has 1 aliphatic rings. The monoisotopic (exact) mass is 481 g/mol. The van der Waals surface area contributed by atoms with Gasteiger partial charge in [-0.15, -0.1) is 0 Å². The molecule has 1 saturated heterocycles. The van der Waals surface area contributed by atoms with Gasteiger partial charge in [0.2, 0.25) is 0 Å². The number of rotatable bonds is 5. The first-order chi connectivity index (χ1) is 17.5. The van der Waals surface area contributed by atoms with E-state index in [1.165, 1.54) is 6.21 Å². The topological polar surface area (TPSA) is 125 Å². The van der Waals surface area contributed by atoms with Crippen molar-refractivity contribution >= 4 is 46.0 Å². The second kappa shape index (κ2) is 10.0. The molecule has 0 aliphatic carbocycles. The number of likely N-dealkylation sites (N-methyl/N-ethyl adjacent to an activating group) is 1. The molecule has 0 saturated carbocycles. The number of nitrogen functional groups attached to an aromatic ring is 1. The number of carbonyl (C=O) groups excluding carboxylic acids is 1. The van der Waals surface area contributed by atoms with E-state index in [0.29, 0.717) is 36.1 Å². The molecule has 2 heterocycles. The van der Waals surface area contributed by atoms with E-state index in [-0.39, 0.29) is 6.03 Å². The van der Waals surface area contributed by atoms with Crippen molar-refractivity contribution in [1.82, 2.24) is 19.8 Å². The summed E-state index contributed by atoms with van der Waals surface area (Å²) in [6.45, 7) is 3.15. The number of para-hydroxylation sites is 1. The summed E-state index contributed by atoms with van der Waals surface area (Å²) in [4.78, 5) is 26.4. The van der Waals surface area contributed by atoms with Gasteiger partial charge >= 0.3 is 6.03 Å². The van der Waals surface area contributed by atoms with Crippen LogP contribution >= 0.6 is 0 Å². The smallest absolute Gasteiger partial charge is 0.321 e. The number of benzene rings is 3. The van der Waals surface area contributed by atoms with Gasteiger partial charge in [-0.2, -0.15) is 0 Å². The molecule has 2 amide bonds. The van der Waals surface area contributed by atoms with E-state index in [1.54, 1.807) is 6.07 Å². The molecule has 0 atom stereocenters. The number of urea groups is 1. The highest BCUT2D eigenvalue weighted by Crippen LogP contribution is 2.29. The van der Waals surface area contributed by atoms with Gasteiger partial charge in [-0.1, -0.05) is 24.3 Å². The van der Waals surface area contributed by atoms with Crippen LogP contribution in [0.2, 0.25) is 0 Å². The number of nitrogens with two attached hydrogens (primary N) is 2. The first kappa shape index (κ1) is 23.3. The van der Waals surface area contributed by atoms with Gasteiger partial charge in [0.25, 0.3) is 0 Å². The van der Waals surface area contributed by atoms with Crippen molar-refractivity contribution in [3.05, 3.63) is 72.3 Å². The lowest BCUT2D eigenvalue weighted by Gasteiger charge is -2.32. The van der Waals surface area contributed by atoms with Gasteiger partial charge in [-0.25, -0.2) is 14.8 Å². The number of nitrogens with zero attached hydrogens (tertiary/aromatic N) is 4. The van der Waals surface area contributed by atoms with Crippen molar-refractivity contribution in [1.29, 1.82) is 0 Å². The second-order valence-corrected chi connectivity index (χ2v) is 8.85. The van der Waals surface area contributed by atoms with Gasteiger partial charge in [0.15, 0.2) is 12.0 Å². The van der Waals surface area contributed by atoms with Gasteiger partial charge in [0, 0.05) is 54.2 Å². The average molecular weight is 482 g/mol. The molecule has 0 bridgehead atoms. The highest BCUT2D eigenvalue weighted by Gasteiger charge is 2.19. The van der Waals surface area contributed by atoms with Crippen LogP contribution in [0, 0.1) is 0 Å². The number of nitrogens with one attached hydrogen (secondary N) is 2. The lowest BCUT2D eigenvalue weighted by molar-refractivity contribution is -0.104. The molecule has 1 aliphatic heterocycles. The Morgan fingerprint density at radius 1 is 0.972 bits per heavy atom. The molecule has 4 aromatic rings. The van der Waals surface area contributed by atoms with E-state index < -0.39 is 0 Å². The van der Waals surface area contributed by atoms with E-state index in [2.05, 4.69) is 22.6 Å². The van der Waals surface area contributed by atoms with Gasteiger partial charge in [0.05, 0.1) is 11.1 Å². The standard InChI is InChI=1S/C27H28N8O/c1-34-11-13-35(14-12-34)27(36)31-20-6-4-5-18(15-20)25-32-24-8-3-2-7-22(24)26(33-25)30-21-9-10-23(29)19(16-21)17-28/h2-10,15-17,28H,11-14,29H2,1H3,(H,31,36)(H,30,32,33)/p+1. The molecule has 9 nitrogen and oxygen atoms in total. The van der Waals surface area contributed by atoms with E-state index in [1.807, 2.05) is 65.6 Å². The lowest BCUT2D eigenvalue weighted by Crippen LogP contribution is -2.48. The lowest BCUT2D eigenvalue weighted by atomic mass is 10.1. The van der Waals surface area contributed by atoms with Crippen LogP contribution in [0.3, 0.4) is 0 Å². The molecule has 6 N–H and O–H groups in total. The number of carbonyl (C=O) groups is 1. The second-order valence-electron chi connectivity index (χ2n) is 8.85. The maximum atomic E-state index is 12.8. The van der Waals surface area contributed by atoms with Crippen LogP contribution < -0.4 is 21.8 Å². The van der Waals surface area contributed by atoms with Crippen molar-refractivity contribution in [2.45, 2.75) is 0 Å². The van der Waals surface area contributed by atoms with Gasteiger partial charge < -0.3 is 26.2 Å². The number of fused-ring (bicyclic) bond motifs is 1. The fourth-order valence-corrected chi connectivity index (χ4v) is 4.18. The van der Waals surface area contributed by atoms with Crippen LogP contribution in [-0.2, 0) is 0 Å². The van der Waals surface area contributed by atoms with E-state index in [9.17, 15) is 4.79 Å². The average Bonchev–Trinajstić information content (AvgIpc) is 2.90. The quantitative estimate of drug-likeness (QED) is 0.257. The van der Waals surface area contributed by atoms with Gasteiger partial charge in [-0.05, 0) is 49.5 Å². The van der Waals surface area contributed by atoms with Crippen LogP contribution in [0.1, 0.15) is 5.56 Å². The van der Waals surface area contributed by atoms with Crippen molar-refractivity contribution < 1.29 is 10.2 Å². The van der Waals surface area contributed by atoms with Crippen LogP contribution in [0.15, 0.2) is 66.7 Å². The largest absolute Gasteiger partial charge is 0.398 e. The predicted molar refractivity (Wildman–Crippen MR) is 144 cm³/mol. The Kier molecular flexibility index (Phi) is 6.46. The molecular formula is C27H29N8O+. The molecule has 1 aromatic heterocycles. The zero-order valence-electron chi connectivity index (χ0n) is 20.1. The molecule has 36 heavy (non-hydrogen) atoms. The molecule has 0 spiro atoms. The minimum atomic E-state index is -0.0992. The Morgan fingerprint density at radius 3 is 2.58 bits per heavy atom. The van der Waals surface area contributed by atoms with Crippen molar-refractivity contribution in [2.75, 3.05) is 49.6 Å². The van der Waals surface area contributed by atoms with Crippen molar-refractivity contribution in [2.24, 2.45) is 0 Å². The zero-order chi connectivity index (χ0) is 25.1. The van der Waals surface area contributed by atoms with Crippen LogP contribution in [-0.4, -0.2) is 65.2 Å². The third-order valence-electron chi connectivity index (χ3n) is 6.29. The number of aromatic nitrogens is 2. The van der Waals surface area contributed by atoms with Gasteiger partial charge in [0.1, 0.15) is 5.82 Å². The highest BCUT2D eigenvalue weighted by molar-refractivity contribution is 5.94. The van der Waals surface area contributed by atoms with Crippen molar-refractivity contribution in [3.8, 4) is 11.4 Å². The maximum absolute atomic E-state index is 12.8. The molecule has 5 rings (SSSR count). The Bertz CT molecular complexity index is 1430. The Hall–Kier alpha value is -4.50. The summed E-state index contributed by atoms with van der Waals surface area (Å²) in [5.74, 6) is 1.21. The summed E-state index contributed by atoms with van der Waals surface area (Å²) in [7, 11) is 2.06. The van der Waals surface area contributed by atoms with Crippen LogP contribution in [0.5, 0.6) is 0 Å². The maximum Gasteiger partial charge on any atom is 0.321 e. The first-order valence-electron chi connectivity index (χ1n) is 11.8. The summed E-state index contributed by atoms with van der Waals surface area (Å²) in [5, 5.41) is 13.0. The Labute approximate surface area is 209 Å². The molecular weight excluding hydrogens is 452 g/mol. The molecule has 1 fully saturated rings. The van der Waals surface area contributed by atoms with E-state index >= 15 is 0 Å². The summed E-state index contributed by atoms with van der Waals surface area (Å²) in [5.41, 5.74) is 10.4. The van der Waals surface area contributed by atoms with Crippen LogP contribution in [0.25, 0.3) is 22.3 Å². The van der Waals surface area contributed by atoms with E-state index in [4.69, 9.17) is 21.1 Å². The Morgan fingerprint density at radius 2 is 1.78 bits per heavy atom. The predicted octanol–water partition coefficient (Wildman–Crippen LogP) is 2.58. The minimum absolute atomic E-state index is 0.0992. The fraction of sp³-hybridized carbons (Fsp3) is 0.185. The van der Waals surface area contributed by atoms with Crippen LogP contribution in [0.4, 0.5) is 27.7 Å². The normalized spacial score (nSPS) is 14.0. The third-order valence-corrected chi connectivity index (χ3v) is 6.29.